The molecule has 1 amide bonds. The maximum absolute atomic E-state index is 13.2. The van der Waals surface area contributed by atoms with Gasteiger partial charge in [0.1, 0.15) is 0 Å². The number of fused-ring (bicyclic) bond motifs is 1. The van der Waals surface area contributed by atoms with E-state index in [-0.39, 0.29) is 11.9 Å². The first-order valence-corrected chi connectivity index (χ1v) is 10.4. The number of benzene rings is 3. The van der Waals surface area contributed by atoms with Crippen LogP contribution in [0, 0.1) is 0 Å². The number of hydrogen-bond donors (Lipinski definition) is 0. The predicted octanol–water partition coefficient (Wildman–Crippen LogP) is 5.40. The summed E-state index contributed by atoms with van der Waals surface area (Å²) in [5.41, 5.74) is 3.74. The highest BCUT2D eigenvalue weighted by molar-refractivity contribution is 9.10. The normalized spacial score (nSPS) is 15.8. The van der Waals surface area contributed by atoms with Crippen molar-refractivity contribution in [3.63, 3.8) is 0 Å². The first-order valence-electron chi connectivity index (χ1n) is 9.58. The minimum absolute atomic E-state index is 0.0456. The highest BCUT2D eigenvalue weighted by Gasteiger charge is 2.36. The minimum atomic E-state index is -0.436. The fourth-order valence-electron chi connectivity index (χ4n) is 3.71. The van der Waals surface area contributed by atoms with Crippen LogP contribution in [0.2, 0.25) is 0 Å². The third kappa shape index (κ3) is 3.94. The average molecular weight is 462 g/mol. The van der Waals surface area contributed by atoms with E-state index in [9.17, 15) is 9.59 Å². The Morgan fingerprint density at radius 2 is 1.67 bits per heavy atom. The molecule has 30 heavy (non-hydrogen) atoms. The molecule has 0 radical (unpaired) electrons. The molecule has 4 rings (SSSR count). The van der Waals surface area contributed by atoms with E-state index in [1.165, 1.54) is 7.11 Å². The van der Waals surface area contributed by atoms with Crippen LogP contribution in [0.4, 0.5) is 0 Å². The van der Waals surface area contributed by atoms with Crippen molar-refractivity contribution in [2.24, 2.45) is 0 Å². The minimum Gasteiger partial charge on any atom is -0.465 e. The Morgan fingerprint density at radius 1 is 1.00 bits per heavy atom. The van der Waals surface area contributed by atoms with Crippen molar-refractivity contribution < 1.29 is 14.3 Å². The van der Waals surface area contributed by atoms with Crippen molar-refractivity contribution in [3.05, 3.63) is 112 Å². The molecule has 0 bridgehead atoms. The van der Waals surface area contributed by atoms with Gasteiger partial charge in [0.05, 0.1) is 18.7 Å². The van der Waals surface area contributed by atoms with Gasteiger partial charge in [0.15, 0.2) is 0 Å². The van der Waals surface area contributed by atoms with Crippen LogP contribution >= 0.6 is 15.9 Å². The van der Waals surface area contributed by atoms with E-state index in [0.29, 0.717) is 17.7 Å². The molecular weight excluding hydrogens is 442 g/mol. The molecule has 0 spiro atoms. The lowest BCUT2D eigenvalue weighted by atomic mass is 9.98. The molecule has 3 aromatic carbocycles. The summed E-state index contributed by atoms with van der Waals surface area (Å²) >= 11 is 3.42. The molecule has 0 N–H and O–H groups in total. The lowest BCUT2D eigenvalue weighted by Crippen LogP contribution is -2.27. The largest absolute Gasteiger partial charge is 0.465 e. The standard InChI is InChI=1S/C25H20BrNO3/c1-30-25(29)22(18-11-13-19(26)14-12-18)15-23-20-9-5-6-10-21(20)24(28)27(23)16-17-7-3-2-4-8-17/h2-15,23H,16H2,1H3/b22-15+. The van der Waals surface area contributed by atoms with E-state index in [1.807, 2.05) is 84.9 Å². The number of hydrogen-bond acceptors (Lipinski definition) is 3. The van der Waals surface area contributed by atoms with Crippen LogP contribution in [0.1, 0.15) is 33.1 Å². The number of ether oxygens (including phenoxy) is 1. The van der Waals surface area contributed by atoms with Crippen molar-refractivity contribution in [2.75, 3.05) is 7.11 Å². The number of carbonyl (C=O) groups excluding carboxylic acids is 2. The van der Waals surface area contributed by atoms with Gasteiger partial charge in [0.25, 0.3) is 5.91 Å². The topological polar surface area (TPSA) is 46.6 Å². The number of amides is 1. The van der Waals surface area contributed by atoms with Crippen LogP contribution < -0.4 is 0 Å². The summed E-state index contributed by atoms with van der Waals surface area (Å²) in [5.74, 6) is -0.482. The third-order valence-electron chi connectivity index (χ3n) is 5.19. The number of rotatable bonds is 5. The van der Waals surface area contributed by atoms with Crippen LogP contribution in [0.25, 0.3) is 5.57 Å². The lowest BCUT2D eigenvalue weighted by Gasteiger charge is -2.24. The zero-order chi connectivity index (χ0) is 21.1. The Hall–Kier alpha value is -3.18. The number of halogens is 1. The zero-order valence-corrected chi connectivity index (χ0v) is 18.0. The molecule has 1 unspecified atom stereocenters. The molecule has 4 nitrogen and oxygen atoms in total. The highest BCUT2D eigenvalue weighted by atomic mass is 79.9. The molecule has 0 aliphatic carbocycles. The van der Waals surface area contributed by atoms with Gasteiger partial charge in [-0.1, -0.05) is 76.6 Å². The van der Waals surface area contributed by atoms with Crippen LogP contribution in [0.5, 0.6) is 0 Å². The van der Waals surface area contributed by atoms with E-state index in [1.54, 1.807) is 4.90 Å². The van der Waals surface area contributed by atoms with Crippen LogP contribution in [-0.2, 0) is 16.1 Å². The average Bonchev–Trinajstić information content (AvgIpc) is 3.04. The summed E-state index contributed by atoms with van der Waals surface area (Å²) in [6.45, 7) is 0.449. The van der Waals surface area contributed by atoms with Gasteiger partial charge >= 0.3 is 5.97 Å². The van der Waals surface area contributed by atoms with E-state index in [2.05, 4.69) is 15.9 Å². The second-order valence-corrected chi connectivity index (χ2v) is 7.95. The second kappa shape index (κ2) is 8.67. The Balaban J connectivity index is 1.81. The Bertz CT molecular complexity index is 1110. The maximum Gasteiger partial charge on any atom is 0.338 e. The Labute approximate surface area is 183 Å². The van der Waals surface area contributed by atoms with Gasteiger partial charge in [-0.05, 0) is 41.0 Å². The van der Waals surface area contributed by atoms with Gasteiger partial charge in [0.2, 0.25) is 0 Å². The van der Waals surface area contributed by atoms with E-state index in [0.717, 1.165) is 21.2 Å². The molecule has 1 atom stereocenters. The summed E-state index contributed by atoms with van der Waals surface area (Å²) in [5, 5.41) is 0. The molecule has 1 aliphatic rings. The highest BCUT2D eigenvalue weighted by Crippen LogP contribution is 2.37. The van der Waals surface area contributed by atoms with Crippen molar-refractivity contribution in [1.82, 2.24) is 4.90 Å². The van der Waals surface area contributed by atoms with Gasteiger partial charge in [-0.2, -0.15) is 0 Å². The molecule has 0 saturated carbocycles. The third-order valence-corrected chi connectivity index (χ3v) is 5.72. The molecule has 0 saturated heterocycles. The number of nitrogens with zero attached hydrogens (tertiary/aromatic N) is 1. The van der Waals surface area contributed by atoms with Gasteiger partial charge in [-0.3, -0.25) is 4.79 Å². The van der Waals surface area contributed by atoms with Gasteiger partial charge < -0.3 is 9.64 Å². The molecular formula is C25H20BrNO3. The molecule has 0 aromatic heterocycles. The fourth-order valence-corrected chi connectivity index (χ4v) is 3.97. The van der Waals surface area contributed by atoms with Crippen molar-refractivity contribution in [1.29, 1.82) is 0 Å². The van der Waals surface area contributed by atoms with Crippen molar-refractivity contribution in [3.8, 4) is 0 Å². The Morgan fingerprint density at radius 3 is 2.37 bits per heavy atom. The van der Waals surface area contributed by atoms with Gasteiger partial charge in [-0.15, -0.1) is 0 Å². The number of esters is 1. The predicted molar refractivity (Wildman–Crippen MR) is 120 cm³/mol. The molecule has 150 valence electrons. The zero-order valence-electron chi connectivity index (χ0n) is 16.4. The summed E-state index contributed by atoms with van der Waals surface area (Å²) in [6, 6.07) is 24.5. The van der Waals surface area contributed by atoms with Crippen molar-refractivity contribution in [2.45, 2.75) is 12.6 Å². The van der Waals surface area contributed by atoms with Gasteiger partial charge in [-0.25, -0.2) is 4.79 Å². The molecule has 1 aliphatic heterocycles. The smallest absolute Gasteiger partial charge is 0.338 e. The molecule has 5 heteroatoms. The van der Waals surface area contributed by atoms with Crippen LogP contribution in [0.3, 0.4) is 0 Å². The molecule has 1 heterocycles. The molecule has 0 fully saturated rings. The van der Waals surface area contributed by atoms with E-state index < -0.39 is 5.97 Å². The molecule has 3 aromatic rings. The van der Waals surface area contributed by atoms with Crippen LogP contribution in [0.15, 0.2) is 89.4 Å². The number of carbonyl (C=O) groups is 2. The summed E-state index contributed by atoms with van der Waals surface area (Å²) < 4.78 is 5.97. The summed E-state index contributed by atoms with van der Waals surface area (Å²) in [6.07, 6.45) is 1.84. The van der Waals surface area contributed by atoms with E-state index in [4.69, 9.17) is 4.74 Å². The maximum atomic E-state index is 13.2. The first kappa shape index (κ1) is 20.1. The summed E-state index contributed by atoms with van der Waals surface area (Å²) in [7, 11) is 1.37. The number of methoxy groups -OCH3 is 1. The first-order chi connectivity index (χ1) is 14.6. The lowest BCUT2D eigenvalue weighted by molar-refractivity contribution is -0.133. The fraction of sp³-hybridized carbons (Fsp3) is 0.120. The second-order valence-electron chi connectivity index (χ2n) is 7.03. The monoisotopic (exact) mass is 461 g/mol. The van der Waals surface area contributed by atoms with Crippen LogP contribution in [-0.4, -0.2) is 23.9 Å². The quantitative estimate of drug-likeness (QED) is 0.377. The SMILES string of the molecule is COC(=O)/C(=C/C1c2ccccc2C(=O)N1Cc1ccccc1)c1ccc(Br)cc1. The summed E-state index contributed by atoms with van der Waals surface area (Å²) in [4.78, 5) is 27.6. The van der Waals surface area contributed by atoms with Crippen molar-refractivity contribution >= 4 is 33.4 Å². The van der Waals surface area contributed by atoms with Gasteiger partial charge in [0, 0.05) is 16.6 Å². The van der Waals surface area contributed by atoms with E-state index >= 15 is 0 Å². The Kier molecular flexibility index (Phi) is 5.81.